The average molecular weight is 250 g/mol. The minimum atomic E-state index is 0.686. The largest absolute Gasteiger partial charge is 0.399 e. The topological polar surface area (TPSA) is 64.7 Å². The number of fused-ring (bicyclic) bond motifs is 1. The predicted molar refractivity (Wildman–Crippen MR) is 76.6 cm³/mol. The first-order chi connectivity index (χ1) is 9.28. The molecule has 0 bridgehead atoms. The van der Waals surface area contributed by atoms with Crippen LogP contribution in [0, 0.1) is 0 Å². The van der Waals surface area contributed by atoms with E-state index in [2.05, 4.69) is 15.0 Å². The number of aryl methyl sites for hydroxylation is 1. The molecule has 2 aromatic heterocycles. The van der Waals surface area contributed by atoms with Gasteiger partial charge in [-0.1, -0.05) is 25.1 Å². The summed E-state index contributed by atoms with van der Waals surface area (Å²) in [5, 5.41) is 0.998. The van der Waals surface area contributed by atoms with Crippen LogP contribution >= 0.6 is 0 Å². The zero-order valence-electron chi connectivity index (χ0n) is 10.7. The smallest absolute Gasteiger partial charge is 0.129 e. The Balaban J connectivity index is 2.32. The molecule has 3 aromatic rings. The van der Waals surface area contributed by atoms with Crippen molar-refractivity contribution in [3.63, 3.8) is 0 Å². The van der Waals surface area contributed by atoms with Gasteiger partial charge in [0.15, 0.2) is 0 Å². The lowest BCUT2D eigenvalue weighted by Gasteiger charge is -2.07. The van der Waals surface area contributed by atoms with Crippen molar-refractivity contribution >= 4 is 16.6 Å². The Hall–Kier alpha value is -2.49. The lowest BCUT2D eigenvalue weighted by Crippen LogP contribution is -1.99. The maximum atomic E-state index is 5.83. The molecule has 0 amide bonds. The van der Waals surface area contributed by atoms with Crippen molar-refractivity contribution in [3.8, 4) is 11.4 Å². The van der Waals surface area contributed by atoms with Crippen LogP contribution in [0.25, 0.3) is 22.3 Å². The van der Waals surface area contributed by atoms with Gasteiger partial charge in [-0.15, -0.1) is 0 Å². The fourth-order valence-electron chi connectivity index (χ4n) is 2.05. The van der Waals surface area contributed by atoms with Crippen LogP contribution in [0.1, 0.15) is 12.7 Å². The molecule has 0 aliphatic heterocycles. The molecule has 0 aliphatic carbocycles. The minimum absolute atomic E-state index is 0.686. The summed E-state index contributed by atoms with van der Waals surface area (Å²) in [6, 6.07) is 11.6. The lowest BCUT2D eigenvalue weighted by molar-refractivity contribution is 0.961. The van der Waals surface area contributed by atoms with Gasteiger partial charge in [-0.2, -0.15) is 0 Å². The van der Waals surface area contributed by atoms with E-state index in [1.54, 1.807) is 12.3 Å². The third kappa shape index (κ3) is 2.12. The minimum Gasteiger partial charge on any atom is -0.399 e. The number of pyridine rings is 1. The second-order valence-corrected chi connectivity index (χ2v) is 4.33. The number of hydrogen-bond acceptors (Lipinski definition) is 4. The molecule has 1 aromatic carbocycles. The summed E-state index contributed by atoms with van der Waals surface area (Å²) in [5.74, 6) is 0.818. The van der Waals surface area contributed by atoms with Gasteiger partial charge in [0.25, 0.3) is 0 Å². The number of anilines is 1. The van der Waals surface area contributed by atoms with E-state index in [1.807, 2.05) is 37.3 Å². The summed E-state index contributed by atoms with van der Waals surface area (Å²) >= 11 is 0. The molecular weight excluding hydrogens is 236 g/mol. The molecule has 0 aliphatic rings. The first kappa shape index (κ1) is 11.6. The van der Waals surface area contributed by atoms with E-state index < -0.39 is 0 Å². The van der Waals surface area contributed by atoms with Crippen molar-refractivity contribution in [3.05, 3.63) is 48.4 Å². The van der Waals surface area contributed by atoms with Gasteiger partial charge in [0.1, 0.15) is 11.5 Å². The molecule has 4 nitrogen and oxygen atoms in total. The van der Waals surface area contributed by atoms with Gasteiger partial charge in [0, 0.05) is 23.7 Å². The van der Waals surface area contributed by atoms with Crippen LogP contribution in [0.15, 0.2) is 42.6 Å². The van der Waals surface area contributed by atoms with Crippen LogP contribution in [0.5, 0.6) is 0 Å². The first-order valence-electron chi connectivity index (χ1n) is 6.25. The van der Waals surface area contributed by atoms with Crippen LogP contribution in [0.3, 0.4) is 0 Å². The molecule has 94 valence electrons. The average Bonchev–Trinajstić information content (AvgIpc) is 2.46. The van der Waals surface area contributed by atoms with E-state index in [-0.39, 0.29) is 0 Å². The Bertz CT molecular complexity index is 737. The molecule has 0 atom stereocenters. The summed E-state index contributed by atoms with van der Waals surface area (Å²) in [6.07, 6.45) is 2.49. The second-order valence-electron chi connectivity index (χ2n) is 4.33. The number of nitrogens with two attached hydrogens (primary N) is 1. The Kier molecular flexibility index (Phi) is 2.83. The molecule has 4 heteroatoms. The van der Waals surface area contributed by atoms with E-state index in [9.17, 15) is 0 Å². The number of aromatic nitrogens is 3. The molecule has 0 saturated heterocycles. The lowest BCUT2D eigenvalue weighted by atomic mass is 10.1. The van der Waals surface area contributed by atoms with Crippen molar-refractivity contribution in [2.75, 3.05) is 5.73 Å². The van der Waals surface area contributed by atoms with Crippen molar-refractivity contribution in [1.29, 1.82) is 0 Å². The van der Waals surface area contributed by atoms with Crippen molar-refractivity contribution < 1.29 is 0 Å². The molecule has 2 N–H and O–H groups in total. The number of hydrogen-bond donors (Lipinski definition) is 1. The molecule has 0 saturated carbocycles. The van der Waals surface area contributed by atoms with Crippen molar-refractivity contribution in [1.82, 2.24) is 15.0 Å². The van der Waals surface area contributed by atoms with Crippen LogP contribution in [0.4, 0.5) is 5.69 Å². The fourth-order valence-corrected chi connectivity index (χ4v) is 2.05. The first-order valence-corrected chi connectivity index (χ1v) is 6.25. The van der Waals surface area contributed by atoms with Gasteiger partial charge in [-0.25, -0.2) is 9.97 Å². The highest BCUT2D eigenvalue weighted by molar-refractivity contribution is 5.91. The van der Waals surface area contributed by atoms with Crippen LogP contribution < -0.4 is 5.73 Å². The summed E-state index contributed by atoms with van der Waals surface area (Å²) < 4.78 is 0. The van der Waals surface area contributed by atoms with Gasteiger partial charge >= 0.3 is 0 Å². The van der Waals surface area contributed by atoms with E-state index in [1.165, 1.54) is 0 Å². The Labute approximate surface area is 111 Å². The number of nitrogens with zero attached hydrogens (tertiary/aromatic N) is 3. The Morgan fingerprint density at radius 2 is 1.95 bits per heavy atom. The summed E-state index contributed by atoms with van der Waals surface area (Å²) in [4.78, 5) is 13.5. The van der Waals surface area contributed by atoms with Crippen LogP contribution in [-0.2, 0) is 6.42 Å². The van der Waals surface area contributed by atoms with Gasteiger partial charge in [-0.05, 0) is 18.2 Å². The molecule has 2 heterocycles. The van der Waals surface area contributed by atoms with Gasteiger partial charge in [0.05, 0.1) is 11.2 Å². The van der Waals surface area contributed by atoms with Crippen molar-refractivity contribution in [2.45, 2.75) is 13.3 Å². The highest BCUT2D eigenvalue weighted by Crippen LogP contribution is 2.25. The van der Waals surface area contributed by atoms with E-state index in [0.717, 1.165) is 34.5 Å². The highest BCUT2D eigenvalue weighted by atomic mass is 14.9. The summed E-state index contributed by atoms with van der Waals surface area (Å²) in [7, 11) is 0. The van der Waals surface area contributed by atoms with Gasteiger partial charge in [-0.3, -0.25) is 4.98 Å². The third-order valence-corrected chi connectivity index (χ3v) is 2.99. The zero-order valence-corrected chi connectivity index (χ0v) is 10.7. The molecule has 19 heavy (non-hydrogen) atoms. The maximum absolute atomic E-state index is 5.83. The molecule has 0 radical (unpaired) electrons. The van der Waals surface area contributed by atoms with Gasteiger partial charge < -0.3 is 5.73 Å². The monoisotopic (exact) mass is 250 g/mol. The normalized spacial score (nSPS) is 10.8. The van der Waals surface area contributed by atoms with E-state index >= 15 is 0 Å². The molecular formula is C15H14N4. The van der Waals surface area contributed by atoms with E-state index in [0.29, 0.717) is 5.69 Å². The quantitative estimate of drug-likeness (QED) is 0.759. The SMILES string of the molecule is CCc1nc(-c2cc(N)ccn2)c2ccccc2n1. The Morgan fingerprint density at radius 3 is 2.74 bits per heavy atom. The standard InChI is InChI=1S/C15H14N4/c1-2-14-18-12-6-4-3-5-11(12)15(19-14)13-9-10(16)7-8-17-13/h3-9H,2H2,1H3,(H2,16,17). The zero-order chi connectivity index (χ0) is 13.2. The van der Waals surface area contributed by atoms with Crippen LogP contribution in [-0.4, -0.2) is 15.0 Å². The second kappa shape index (κ2) is 4.65. The number of rotatable bonds is 2. The summed E-state index contributed by atoms with van der Waals surface area (Å²) in [6.45, 7) is 2.04. The molecule has 0 fully saturated rings. The predicted octanol–water partition coefficient (Wildman–Crippen LogP) is 2.84. The maximum Gasteiger partial charge on any atom is 0.129 e. The molecule has 3 rings (SSSR count). The van der Waals surface area contributed by atoms with E-state index in [4.69, 9.17) is 5.73 Å². The van der Waals surface area contributed by atoms with Crippen molar-refractivity contribution in [2.24, 2.45) is 0 Å². The van der Waals surface area contributed by atoms with Gasteiger partial charge in [0.2, 0.25) is 0 Å². The molecule has 0 spiro atoms. The number of nitrogen functional groups attached to an aromatic ring is 1. The number of para-hydroxylation sites is 1. The molecule has 0 unspecified atom stereocenters. The third-order valence-electron chi connectivity index (χ3n) is 2.99. The fraction of sp³-hybridized carbons (Fsp3) is 0.133. The summed E-state index contributed by atoms with van der Waals surface area (Å²) in [5.41, 5.74) is 9.08. The number of benzene rings is 1. The highest BCUT2D eigenvalue weighted by Gasteiger charge is 2.09. The Morgan fingerprint density at radius 1 is 1.11 bits per heavy atom. The van der Waals surface area contributed by atoms with Crippen LogP contribution in [0.2, 0.25) is 0 Å².